The van der Waals surface area contributed by atoms with Crippen molar-refractivity contribution in [3.63, 3.8) is 0 Å². The summed E-state index contributed by atoms with van der Waals surface area (Å²) in [6, 6.07) is 11.7. The molecule has 1 heterocycles. The predicted molar refractivity (Wildman–Crippen MR) is 75.3 cm³/mol. The van der Waals surface area contributed by atoms with Crippen LogP contribution in [0.2, 0.25) is 0 Å². The number of hydrogen-bond acceptors (Lipinski definition) is 3. The highest BCUT2D eigenvalue weighted by molar-refractivity contribution is 7.12. The molecule has 0 amide bonds. The fraction of sp³-hybridized carbons (Fsp3) is 0.333. The molecular weight excluding hydrogens is 244 g/mol. The van der Waals surface area contributed by atoms with Crippen molar-refractivity contribution in [1.82, 2.24) is 0 Å². The van der Waals surface area contributed by atoms with Gasteiger partial charge in [0.15, 0.2) is 0 Å². The number of benzene rings is 1. The second kappa shape index (κ2) is 6.03. The molecule has 1 N–H and O–H groups in total. The van der Waals surface area contributed by atoms with Crippen molar-refractivity contribution in [2.75, 3.05) is 6.61 Å². The molecular formula is C15H18O2S. The molecule has 0 aliphatic heterocycles. The smallest absolute Gasteiger partial charge is 0.119 e. The van der Waals surface area contributed by atoms with E-state index in [1.165, 1.54) is 4.88 Å². The minimum absolute atomic E-state index is 0.538. The zero-order valence-electron chi connectivity index (χ0n) is 10.7. The lowest BCUT2D eigenvalue weighted by molar-refractivity contribution is 0.224. The molecule has 1 unspecified atom stereocenters. The van der Waals surface area contributed by atoms with Gasteiger partial charge in [-0.25, -0.2) is 0 Å². The van der Waals surface area contributed by atoms with E-state index >= 15 is 0 Å². The molecule has 1 atom stereocenters. The van der Waals surface area contributed by atoms with Crippen molar-refractivity contribution in [2.24, 2.45) is 0 Å². The van der Waals surface area contributed by atoms with Gasteiger partial charge >= 0.3 is 0 Å². The van der Waals surface area contributed by atoms with E-state index in [1.807, 2.05) is 43.3 Å². The molecule has 0 spiro atoms. The van der Waals surface area contributed by atoms with Gasteiger partial charge in [-0.05, 0) is 43.2 Å². The lowest BCUT2D eigenvalue weighted by Crippen LogP contribution is -1.98. The molecule has 0 radical (unpaired) electrons. The van der Waals surface area contributed by atoms with Gasteiger partial charge in [0.05, 0.1) is 6.61 Å². The van der Waals surface area contributed by atoms with Crippen molar-refractivity contribution in [3.05, 3.63) is 51.7 Å². The second-order valence-corrected chi connectivity index (χ2v) is 5.59. The van der Waals surface area contributed by atoms with Crippen LogP contribution in [0.3, 0.4) is 0 Å². The molecule has 0 bridgehead atoms. The SMILES string of the molecule is CCCOc1ccc(C(O)c2ccc(C)s2)cc1. The summed E-state index contributed by atoms with van der Waals surface area (Å²) in [5.41, 5.74) is 0.903. The van der Waals surface area contributed by atoms with Crippen LogP contribution in [0.25, 0.3) is 0 Å². The summed E-state index contributed by atoms with van der Waals surface area (Å²) in [5.74, 6) is 0.857. The van der Waals surface area contributed by atoms with Crippen molar-refractivity contribution in [3.8, 4) is 5.75 Å². The largest absolute Gasteiger partial charge is 0.494 e. The summed E-state index contributed by atoms with van der Waals surface area (Å²) in [5, 5.41) is 10.2. The summed E-state index contributed by atoms with van der Waals surface area (Å²) < 4.78 is 5.52. The van der Waals surface area contributed by atoms with Gasteiger partial charge < -0.3 is 9.84 Å². The number of aryl methyl sites for hydroxylation is 1. The second-order valence-electron chi connectivity index (χ2n) is 4.27. The van der Waals surface area contributed by atoms with Gasteiger partial charge in [0.2, 0.25) is 0 Å². The van der Waals surface area contributed by atoms with E-state index in [0.717, 1.165) is 29.2 Å². The summed E-state index contributed by atoms with van der Waals surface area (Å²) in [4.78, 5) is 2.20. The van der Waals surface area contributed by atoms with Crippen LogP contribution in [-0.2, 0) is 0 Å². The van der Waals surface area contributed by atoms with Crippen LogP contribution in [0.15, 0.2) is 36.4 Å². The number of ether oxygens (including phenoxy) is 1. The number of rotatable bonds is 5. The Bertz CT molecular complexity index is 487. The van der Waals surface area contributed by atoms with Crippen LogP contribution in [0, 0.1) is 6.92 Å². The zero-order chi connectivity index (χ0) is 13.0. The molecule has 0 saturated heterocycles. The minimum Gasteiger partial charge on any atom is -0.494 e. The molecule has 1 aromatic carbocycles. The van der Waals surface area contributed by atoms with Crippen LogP contribution in [0.4, 0.5) is 0 Å². The van der Waals surface area contributed by atoms with Gasteiger partial charge in [-0.15, -0.1) is 11.3 Å². The summed E-state index contributed by atoms with van der Waals surface area (Å²) in [6.45, 7) is 4.85. The average Bonchev–Trinajstić information content (AvgIpc) is 2.83. The first-order valence-corrected chi connectivity index (χ1v) is 6.99. The van der Waals surface area contributed by atoms with E-state index in [9.17, 15) is 5.11 Å². The van der Waals surface area contributed by atoms with E-state index < -0.39 is 6.10 Å². The highest BCUT2D eigenvalue weighted by atomic mass is 32.1. The fourth-order valence-corrected chi connectivity index (χ4v) is 2.62. The summed E-state index contributed by atoms with van der Waals surface area (Å²) in [7, 11) is 0. The van der Waals surface area contributed by atoms with Crippen LogP contribution in [0.1, 0.15) is 34.8 Å². The number of thiophene rings is 1. The standard InChI is InChI=1S/C15H18O2S/c1-3-10-17-13-7-5-12(6-8-13)15(16)14-9-4-11(2)18-14/h4-9,15-16H,3,10H2,1-2H3. The van der Waals surface area contributed by atoms with E-state index in [2.05, 4.69) is 6.92 Å². The van der Waals surface area contributed by atoms with E-state index in [4.69, 9.17) is 4.74 Å². The molecule has 0 fully saturated rings. The number of aliphatic hydroxyl groups excluding tert-OH is 1. The van der Waals surface area contributed by atoms with Crippen molar-refractivity contribution in [1.29, 1.82) is 0 Å². The first kappa shape index (κ1) is 13.1. The quantitative estimate of drug-likeness (QED) is 0.884. The Balaban J connectivity index is 2.09. The van der Waals surface area contributed by atoms with Gasteiger partial charge in [0.1, 0.15) is 11.9 Å². The molecule has 3 heteroatoms. The molecule has 96 valence electrons. The lowest BCUT2D eigenvalue weighted by Gasteiger charge is -2.10. The third kappa shape index (κ3) is 3.12. The molecule has 2 aromatic rings. The van der Waals surface area contributed by atoms with Crippen molar-refractivity contribution < 1.29 is 9.84 Å². The Morgan fingerprint density at radius 1 is 1.17 bits per heavy atom. The normalized spacial score (nSPS) is 12.4. The van der Waals surface area contributed by atoms with Gasteiger partial charge in [0, 0.05) is 9.75 Å². The minimum atomic E-state index is -0.538. The molecule has 2 rings (SSSR count). The third-order valence-corrected chi connectivity index (χ3v) is 3.75. The van der Waals surface area contributed by atoms with Gasteiger partial charge in [-0.3, -0.25) is 0 Å². The van der Waals surface area contributed by atoms with Crippen molar-refractivity contribution in [2.45, 2.75) is 26.4 Å². The van der Waals surface area contributed by atoms with Crippen LogP contribution in [-0.4, -0.2) is 11.7 Å². The summed E-state index contributed by atoms with van der Waals surface area (Å²) in [6.07, 6.45) is 0.461. The fourth-order valence-electron chi connectivity index (χ4n) is 1.73. The molecule has 2 nitrogen and oxygen atoms in total. The lowest BCUT2D eigenvalue weighted by atomic mass is 10.1. The maximum atomic E-state index is 10.2. The Morgan fingerprint density at radius 3 is 2.44 bits per heavy atom. The molecule has 0 aliphatic rings. The average molecular weight is 262 g/mol. The Labute approximate surface area is 112 Å². The first-order chi connectivity index (χ1) is 8.70. The Hall–Kier alpha value is -1.32. The third-order valence-electron chi connectivity index (χ3n) is 2.70. The molecule has 0 saturated carbocycles. The summed E-state index contributed by atoms with van der Waals surface area (Å²) >= 11 is 1.63. The monoisotopic (exact) mass is 262 g/mol. The maximum Gasteiger partial charge on any atom is 0.119 e. The molecule has 18 heavy (non-hydrogen) atoms. The Morgan fingerprint density at radius 2 is 1.89 bits per heavy atom. The van der Waals surface area contributed by atoms with Crippen LogP contribution < -0.4 is 4.74 Å². The molecule has 1 aromatic heterocycles. The van der Waals surface area contributed by atoms with Crippen LogP contribution >= 0.6 is 11.3 Å². The maximum absolute atomic E-state index is 10.2. The van der Waals surface area contributed by atoms with E-state index in [-0.39, 0.29) is 0 Å². The highest BCUT2D eigenvalue weighted by Gasteiger charge is 2.12. The van der Waals surface area contributed by atoms with Crippen molar-refractivity contribution >= 4 is 11.3 Å². The Kier molecular flexibility index (Phi) is 4.39. The zero-order valence-corrected chi connectivity index (χ0v) is 11.5. The number of aliphatic hydroxyl groups is 1. The van der Waals surface area contributed by atoms with Crippen LogP contribution in [0.5, 0.6) is 5.75 Å². The van der Waals surface area contributed by atoms with E-state index in [0.29, 0.717) is 0 Å². The van der Waals surface area contributed by atoms with E-state index in [1.54, 1.807) is 11.3 Å². The van der Waals surface area contributed by atoms with Gasteiger partial charge in [-0.1, -0.05) is 19.1 Å². The molecule has 0 aliphatic carbocycles. The van der Waals surface area contributed by atoms with Gasteiger partial charge in [0.25, 0.3) is 0 Å². The first-order valence-electron chi connectivity index (χ1n) is 6.18. The predicted octanol–water partition coefficient (Wildman–Crippen LogP) is 3.93. The highest BCUT2D eigenvalue weighted by Crippen LogP contribution is 2.29. The number of hydrogen-bond donors (Lipinski definition) is 1. The topological polar surface area (TPSA) is 29.5 Å². The van der Waals surface area contributed by atoms with Gasteiger partial charge in [-0.2, -0.15) is 0 Å².